The van der Waals surface area contributed by atoms with Crippen molar-refractivity contribution < 1.29 is 0 Å². The smallest absolute Gasteiger partial charge is 0.0695 e. The highest BCUT2D eigenvalue weighted by molar-refractivity contribution is 5.66. The third-order valence-electron chi connectivity index (χ3n) is 6.76. The van der Waals surface area contributed by atoms with Crippen LogP contribution in [0.4, 0.5) is 11.4 Å². The van der Waals surface area contributed by atoms with E-state index in [2.05, 4.69) is 66.9 Å². The maximum atomic E-state index is 3.99. The molecule has 0 amide bonds. The lowest BCUT2D eigenvalue weighted by Crippen LogP contribution is -2.68. The van der Waals surface area contributed by atoms with Crippen LogP contribution in [0.2, 0.25) is 0 Å². The van der Waals surface area contributed by atoms with Gasteiger partial charge in [0.25, 0.3) is 0 Å². The fourth-order valence-electron chi connectivity index (χ4n) is 5.38. The van der Waals surface area contributed by atoms with Crippen molar-refractivity contribution in [3.05, 3.63) is 59.2 Å². The maximum Gasteiger partial charge on any atom is 0.0695 e. The average Bonchev–Trinajstić information content (AvgIpc) is 2.49. The quantitative estimate of drug-likeness (QED) is 0.778. The minimum atomic E-state index is 0.114. The van der Waals surface area contributed by atoms with Crippen LogP contribution in [0.25, 0.3) is 0 Å². The van der Waals surface area contributed by atoms with E-state index in [1.807, 2.05) is 0 Å². The number of nitrogens with one attached hydrogen (secondary N) is 2. The summed E-state index contributed by atoms with van der Waals surface area (Å²) in [4.78, 5) is 0. The van der Waals surface area contributed by atoms with Crippen molar-refractivity contribution in [3.8, 4) is 0 Å². The van der Waals surface area contributed by atoms with Crippen LogP contribution in [-0.2, 0) is 5.54 Å². The van der Waals surface area contributed by atoms with E-state index in [0.29, 0.717) is 11.5 Å². The van der Waals surface area contributed by atoms with Crippen LogP contribution in [0, 0.1) is 19.8 Å². The number of benzene rings is 2. The molecule has 1 heterocycles. The summed E-state index contributed by atoms with van der Waals surface area (Å²) < 4.78 is 0. The first-order chi connectivity index (χ1) is 11.6. The van der Waals surface area contributed by atoms with Crippen LogP contribution in [0.1, 0.15) is 48.8 Å². The number of hydrogen-bond acceptors (Lipinski definition) is 2. The Kier molecular flexibility index (Phi) is 2.87. The van der Waals surface area contributed by atoms with Crippen LogP contribution >= 0.6 is 0 Å². The second-order valence-corrected chi connectivity index (χ2v) is 8.24. The Balaban J connectivity index is 1.63. The molecule has 0 aromatic heterocycles. The molecule has 0 bridgehead atoms. The Hall–Kier alpha value is -1.96. The summed E-state index contributed by atoms with van der Waals surface area (Å²) in [7, 11) is 0. The van der Waals surface area contributed by atoms with Gasteiger partial charge in [-0.15, -0.1) is 0 Å². The van der Waals surface area contributed by atoms with Gasteiger partial charge in [0.2, 0.25) is 0 Å². The molecule has 124 valence electrons. The second-order valence-electron chi connectivity index (χ2n) is 8.24. The van der Waals surface area contributed by atoms with Crippen molar-refractivity contribution in [2.45, 2.75) is 57.0 Å². The third-order valence-corrected chi connectivity index (χ3v) is 6.76. The first kappa shape index (κ1) is 14.4. The fourth-order valence-corrected chi connectivity index (χ4v) is 5.38. The molecular formula is C22H26N2. The van der Waals surface area contributed by atoms with Crippen LogP contribution in [0.5, 0.6) is 0 Å². The van der Waals surface area contributed by atoms with Gasteiger partial charge < -0.3 is 10.6 Å². The van der Waals surface area contributed by atoms with Gasteiger partial charge >= 0.3 is 0 Å². The number of hydrogen-bond donors (Lipinski definition) is 2. The molecule has 2 aliphatic carbocycles. The van der Waals surface area contributed by atoms with Crippen molar-refractivity contribution in [2.24, 2.45) is 5.92 Å². The number of fused-ring (bicyclic) bond motifs is 4. The molecule has 2 saturated carbocycles. The monoisotopic (exact) mass is 318 g/mol. The van der Waals surface area contributed by atoms with E-state index in [1.165, 1.54) is 60.2 Å². The number of rotatable bonds is 2. The SMILES string of the molecule is Cc1cccc(NC23CCC2C2(CCC2)Nc2cc(C)ccc23)c1. The zero-order chi connectivity index (χ0) is 16.4. The molecule has 1 aliphatic heterocycles. The maximum absolute atomic E-state index is 3.99. The van der Waals surface area contributed by atoms with Gasteiger partial charge in [0.05, 0.1) is 5.54 Å². The molecule has 2 N–H and O–H groups in total. The van der Waals surface area contributed by atoms with Gasteiger partial charge in [-0.2, -0.15) is 0 Å². The summed E-state index contributed by atoms with van der Waals surface area (Å²) in [6.45, 7) is 4.37. The van der Waals surface area contributed by atoms with E-state index >= 15 is 0 Å². The number of anilines is 2. The molecule has 2 nitrogen and oxygen atoms in total. The molecule has 2 fully saturated rings. The van der Waals surface area contributed by atoms with Gasteiger partial charge in [0.15, 0.2) is 0 Å². The normalized spacial score (nSPS) is 28.8. The van der Waals surface area contributed by atoms with Gasteiger partial charge in [-0.1, -0.05) is 24.3 Å². The Morgan fingerprint density at radius 1 is 1.00 bits per heavy atom. The molecule has 2 atom stereocenters. The Bertz CT molecular complexity index is 805. The lowest BCUT2D eigenvalue weighted by Gasteiger charge is -2.66. The van der Waals surface area contributed by atoms with E-state index in [-0.39, 0.29) is 5.54 Å². The van der Waals surface area contributed by atoms with Gasteiger partial charge in [-0.25, -0.2) is 0 Å². The highest BCUT2D eigenvalue weighted by atomic mass is 15.1. The predicted molar refractivity (Wildman–Crippen MR) is 101 cm³/mol. The highest BCUT2D eigenvalue weighted by Gasteiger charge is 2.62. The van der Waals surface area contributed by atoms with E-state index in [0.717, 1.165) is 0 Å². The van der Waals surface area contributed by atoms with Gasteiger partial charge in [-0.05, 0) is 75.3 Å². The summed E-state index contributed by atoms with van der Waals surface area (Å²) in [6, 6.07) is 15.8. The van der Waals surface area contributed by atoms with Crippen LogP contribution in [-0.4, -0.2) is 5.54 Å². The van der Waals surface area contributed by atoms with Crippen molar-refractivity contribution in [2.75, 3.05) is 10.6 Å². The molecule has 2 heteroatoms. The molecule has 0 saturated heterocycles. The molecule has 1 spiro atoms. The summed E-state index contributed by atoms with van der Waals surface area (Å²) in [6.07, 6.45) is 6.58. The van der Waals surface area contributed by atoms with E-state index in [4.69, 9.17) is 0 Å². The fraction of sp³-hybridized carbons (Fsp3) is 0.455. The first-order valence-electron chi connectivity index (χ1n) is 9.36. The molecule has 24 heavy (non-hydrogen) atoms. The third kappa shape index (κ3) is 1.83. The Labute approximate surface area is 144 Å². The standard InChI is InChI=1S/C22H26N2/c1-15-5-3-6-17(13-15)23-22-12-9-20(22)21(10-4-11-21)24-19-14-16(2)7-8-18(19)22/h3,5-8,13-14,20,23-24H,4,9-12H2,1-2H3. The van der Waals surface area contributed by atoms with E-state index in [9.17, 15) is 0 Å². The predicted octanol–water partition coefficient (Wildman–Crippen LogP) is 5.37. The first-order valence-corrected chi connectivity index (χ1v) is 9.36. The molecular weight excluding hydrogens is 292 g/mol. The van der Waals surface area contributed by atoms with Crippen molar-refractivity contribution in [1.29, 1.82) is 0 Å². The van der Waals surface area contributed by atoms with Gasteiger partial charge in [0, 0.05) is 28.4 Å². The van der Waals surface area contributed by atoms with Crippen molar-refractivity contribution in [3.63, 3.8) is 0 Å². The largest absolute Gasteiger partial charge is 0.379 e. The second kappa shape index (κ2) is 4.78. The molecule has 5 rings (SSSR count). The van der Waals surface area contributed by atoms with Crippen LogP contribution in [0.15, 0.2) is 42.5 Å². The Morgan fingerprint density at radius 3 is 2.50 bits per heavy atom. The molecule has 0 radical (unpaired) electrons. The molecule has 2 unspecified atom stereocenters. The Morgan fingerprint density at radius 2 is 1.83 bits per heavy atom. The topological polar surface area (TPSA) is 24.1 Å². The van der Waals surface area contributed by atoms with Crippen molar-refractivity contribution in [1.82, 2.24) is 0 Å². The summed E-state index contributed by atoms with van der Waals surface area (Å²) >= 11 is 0. The van der Waals surface area contributed by atoms with Gasteiger partial charge in [-0.3, -0.25) is 0 Å². The van der Waals surface area contributed by atoms with E-state index in [1.54, 1.807) is 0 Å². The van der Waals surface area contributed by atoms with E-state index < -0.39 is 0 Å². The lowest BCUT2D eigenvalue weighted by atomic mass is 9.48. The zero-order valence-corrected chi connectivity index (χ0v) is 14.7. The summed E-state index contributed by atoms with van der Waals surface area (Å²) in [5.41, 5.74) is 7.22. The van der Waals surface area contributed by atoms with Crippen LogP contribution < -0.4 is 10.6 Å². The minimum Gasteiger partial charge on any atom is -0.379 e. The minimum absolute atomic E-state index is 0.114. The summed E-state index contributed by atoms with van der Waals surface area (Å²) in [5, 5.41) is 7.96. The molecule has 2 aromatic rings. The summed E-state index contributed by atoms with van der Waals surface area (Å²) in [5.74, 6) is 0.703. The zero-order valence-electron chi connectivity index (χ0n) is 14.7. The number of aryl methyl sites for hydroxylation is 2. The molecule has 3 aliphatic rings. The lowest BCUT2D eigenvalue weighted by molar-refractivity contribution is 0.0197. The highest BCUT2D eigenvalue weighted by Crippen LogP contribution is 2.63. The average molecular weight is 318 g/mol. The van der Waals surface area contributed by atoms with Gasteiger partial charge in [0.1, 0.15) is 0 Å². The molecule has 2 aromatic carbocycles. The van der Waals surface area contributed by atoms with Crippen LogP contribution in [0.3, 0.4) is 0 Å². The van der Waals surface area contributed by atoms with Crippen molar-refractivity contribution >= 4 is 11.4 Å².